The largest absolute Gasteiger partial charge is 0.481 e. The number of benzene rings is 2. The molecule has 2 aromatic carbocycles. The topological polar surface area (TPSA) is 83.7 Å². The molecule has 0 saturated carbocycles. The van der Waals surface area contributed by atoms with Crippen LogP contribution in [0.25, 0.3) is 0 Å². The number of nitrogens with zero attached hydrogens (tertiary/aromatic N) is 2. The van der Waals surface area contributed by atoms with Crippen LogP contribution in [0, 0.1) is 16.0 Å². The zero-order valence-corrected chi connectivity index (χ0v) is 13.0. The van der Waals surface area contributed by atoms with E-state index in [0.717, 1.165) is 5.56 Å². The molecule has 0 aliphatic carbocycles. The molecule has 1 N–H and O–H groups in total. The normalized spacial score (nSPS) is 20.8. The lowest BCUT2D eigenvalue weighted by Crippen LogP contribution is -2.23. The van der Waals surface area contributed by atoms with E-state index in [9.17, 15) is 20.0 Å². The predicted octanol–water partition coefficient (Wildman–Crippen LogP) is 2.90. The summed E-state index contributed by atoms with van der Waals surface area (Å²) < 4.78 is 0. The quantitative estimate of drug-likeness (QED) is 0.674. The maximum Gasteiger partial charge on any atom is 0.308 e. The van der Waals surface area contributed by atoms with Gasteiger partial charge in [0.2, 0.25) is 0 Å². The van der Waals surface area contributed by atoms with Gasteiger partial charge in [0, 0.05) is 37.2 Å². The van der Waals surface area contributed by atoms with E-state index < -0.39 is 16.8 Å². The minimum absolute atomic E-state index is 0.00434. The lowest BCUT2D eigenvalue weighted by molar-refractivity contribution is -0.385. The minimum atomic E-state index is -0.909. The number of carboxylic acid groups (broad SMARTS) is 1. The second kappa shape index (κ2) is 6.80. The Bertz CT molecular complexity index is 748. The van der Waals surface area contributed by atoms with Crippen LogP contribution in [0.1, 0.15) is 17.0 Å². The Morgan fingerprint density at radius 1 is 1.12 bits per heavy atom. The number of rotatable bonds is 5. The number of nitro groups is 1. The summed E-state index contributed by atoms with van der Waals surface area (Å²) >= 11 is 0. The summed E-state index contributed by atoms with van der Waals surface area (Å²) in [5.74, 6) is -1.93. The molecule has 124 valence electrons. The number of carbonyl (C=O) groups is 1. The van der Waals surface area contributed by atoms with Crippen LogP contribution in [0.5, 0.6) is 0 Å². The van der Waals surface area contributed by atoms with Crippen molar-refractivity contribution in [1.82, 2.24) is 4.90 Å². The zero-order valence-electron chi connectivity index (χ0n) is 13.0. The van der Waals surface area contributed by atoms with E-state index >= 15 is 0 Å². The van der Waals surface area contributed by atoms with Crippen molar-refractivity contribution in [3.63, 3.8) is 0 Å². The number of aliphatic carboxylic acids is 1. The van der Waals surface area contributed by atoms with Gasteiger partial charge in [-0.2, -0.15) is 0 Å². The van der Waals surface area contributed by atoms with E-state index in [1.54, 1.807) is 18.2 Å². The summed E-state index contributed by atoms with van der Waals surface area (Å²) in [5, 5.41) is 20.8. The van der Waals surface area contributed by atoms with Gasteiger partial charge in [-0.1, -0.05) is 48.5 Å². The first-order valence-electron chi connectivity index (χ1n) is 7.78. The van der Waals surface area contributed by atoms with Crippen LogP contribution >= 0.6 is 0 Å². The molecule has 0 radical (unpaired) electrons. The molecular weight excluding hydrogens is 308 g/mol. The van der Waals surface area contributed by atoms with E-state index in [1.807, 2.05) is 30.3 Å². The van der Waals surface area contributed by atoms with Crippen LogP contribution in [0.3, 0.4) is 0 Å². The molecule has 6 heteroatoms. The first-order chi connectivity index (χ1) is 11.6. The van der Waals surface area contributed by atoms with Gasteiger partial charge in [0.25, 0.3) is 5.69 Å². The van der Waals surface area contributed by atoms with Crippen LogP contribution in [-0.4, -0.2) is 34.0 Å². The Hall–Kier alpha value is -2.73. The van der Waals surface area contributed by atoms with E-state index in [4.69, 9.17) is 0 Å². The molecule has 1 fully saturated rings. The maximum absolute atomic E-state index is 11.7. The molecule has 24 heavy (non-hydrogen) atoms. The Labute approximate surface area is 139 Å². The molecule has 0 unspecified atom stereocenters. The van der Waals surface area contributed by atoms with Crippen molar-refractivity contribution in [3.05, 3.63) is 75.8 Å². The standard InChI is InChI=1S/C18H18N2O4/c21-18(22)16-12-19(10-13-6-2-1-3-7-13)11-15(16)14-8-4-5-9-17(14)20(23)24/h1-9,15-16H,10-12H2,(H,21,22)/t15-,16+/m1/s1. The van der Waals surface area contributed by atoms with Crippen molar-refractivity contribution in [2.24, 2.45) is 5.92 Å². The Morgan fingerprint density at radius 2 is 1.79 bits per heavy atom. The van der Waals surface area contributed by atoms with Gasteiger partial charge in [0.15, 0.2) is 0 Å². The Kier molecular flexibility index (Phi) is 4.57. The molecule has 0 amide bonds. The monoisotopic (exact) mass is 326 g/mol. The van der Waals surface area contributed by atoms with Gasteiger partial charge in [-0.15, -0.1) is 0 Å². The lowest BCUT2D eigenvalue weighted by atomic mass is 9.88. The third-order valence-corrected chi connectivity index (χ3v) is 4.49. The zero-order chi connectivity index (χ0) is 17.1. The van der Waals surface area contributed by atoms with Gasteiger partial charge >= 0.3 is 5.97 Å². The van der Waals surface area contributed by atoms with Gasteiger partial charge in [-0.25, -0.2) is 0 Å². The highest BCUT2D eigenvalue weighted by Gasteiger charge is 2.41. The highest BCUT2D eigenvalue weighted by molar-refractivity contribution is 5.73. The van der Waals surface area contributed by atoms with Crippen LogP contribution in [-0.2, 0) is 11.3 Å². The predicted molar refractivity (Wildman–Crippen MR) is 88.7 cm³/mol. The third-order valence-electron chi connectivity index (χ3n) is 4.49. The molecule has 0 bridgehead atoms. The summed E-state index contributed by atoms with van der Waals surface area (Å²) in [4.78, 5) is 24.6. The maximum atomic E-state index is 11.7. The first kappa shape index (κ1) is 16.1. The average Bonchev–Trinajstić information content (AvgIpc) is 2.99. The van der Waals surface area contributed by atoms with E-state index in [0.29, 0.717) is 25.2 Å². The number of hydrogen-bond acceptors (Lipinski definition) is 4. The van der Waals surface area contributed by atoms with Gasteiger partial charge in [0.1, 0.15) is 0 Å². The fourth-order valence-electron chi connectivity index (χ4n) is 3.39. The van der Waals surface area contributed by atoms with Gasteiger partial charge < -0.3 is 5.11 Å². The third kappa shape index (κ3) is 3.28. The van der Waals surface area contributed by atoms with Crippen molar-refractivity contribution in [2.75, 3.05) is 13.1 Å². The van der Waals surface area contributed by atoms with Gasteiger partial charge in [0.05, 0.1) is 10.8 Å². The van der Waals surface area contributed by atoms with Crippen molar-refractivity contribution < 1.29 is 14.8 Å². The van der Waals surface area contributed by atoms with E-state index in [1.165, 1.54) is 6.07 Å². The Balaban J connectivity index is 1.87. The molecule has 1 saturated heterocycles. The molecule has 2 aromatic rings. The Morgan fingerprint density at radius 3 is 2.46 bits per heavy atom. The smallest absolute Gasteiger partial charge is 0.308 e. The average molecular weight is 326 g/mol. The first-order valence-corrected chi connectivity index (χ1v) is 7.78. The number of likely N-dealkylation sites (tertiary alicyclic amines) is 1. The van der Waals surface area contributed by atoms with Crippen molar-refractivity contribution >= 4 is 11.7 Å². The molecule has 6 nitrogen and oxygen atoms in total. The number of nitro benzene ring substituents is 1. The molecule has 1 aliphatic heterocycles. The fourth-order valence-corrected chi connectivity index (χ4v) is 3.39. The molecule has 0 aromatic heterocycles. The minimum Gasteiger partial charge on any atom is -0.481 e. The van der Waals surface area contributed by atoms with E-state index in [2.05, 4.69) is 4.90 Å². The SMILES string of the molecule is O=C(O)[C@H]1CN(Cc2ccccc2)C[C@@H]1c1ccccc1[N+](=O)[O-]. The lowest BCUT2D eigenvalue weighted by Gasteiger charge is -2.16. The van der Waals surface area contributed by atoms with Crippen molar-refractivity contribution in [1.29, 1.82) is 0 Å². The van der Waals surface area contributed by atoms with Crippen molar-refractivity contribution in [3.8, 4) is 0 Å². The molecule has 0 spiro atoms. The second-order valence-corrected chi connectivity index (χ2v) is 6.05. The van der Waals surface area contributed by atoms with Gasteiger partial charge in [-0.05, 0) is 5.56 Å². The van der Waals surface area contributed by atoms with Crippen LogP contribution < -0.4 is 0 Å². The highest BCUT2D eigenvalue weighted by Crippen LogP contribution is 2.37. The van der Waals surface area contributed by atoms with Crippen LogP contribution in [0.15, 0.2) is 54.6 Å². The summed E-state index contributed by atoms with van der Waals surface area (Å²) in [6.45, 7) is 1.53. The molecular formula is C18H18N2O4. The van der Waals surface area contributed by atoms with Crippen molar-refractivity contribution in [2.45, 2.75) is 12.5 Å². The van der Waals surface area contributed by atoms with Crippen LogP contribution in [0.2, 0.25) is 0 Å². The summed E-state index contributed by atoms with van der Waals surface area (Å²) in [7, 11) is 0. The highest BCUT2D eigenvalue weighted by atomic mass is 16.6. The number of hydrogen-bond donors (Lipinski definition) is 1. The molecule has 1 heterocycles. The van der Waals surface area contributed by atoms with Crippen LogP contribution in [0.4, 0.5) is 5.69 Å². The molecule has 1 aliphatic rings. The number of carboxylic acids is 1. The molecule has 3 rings (SSSR count). The summed E-state index contributed by atoms with van der Waals surface area (Å²) in [6.07, 6.45) is 0. The van der Waals surface area contributed by atoms with Gasteiger partial charge in [-0.3, -0.25) is 19.8 Å². The number of para-hydroxylation sites is 1. The summed E-state index contributed by atoms with van der Waals surface area (Å²) in [6, 6.07) is 16.2. The molecule has 2 atom stereocenters. The fraction of sp³-hybridized carbons (Fsp3) is 0.278. The van der Waals surface area contributed by atoms with E-state index in [-0.39, 0.29) is 11.6 Å². The second-order valence-electron chi connectivity index (χ2n) is 6.05. The summed E-state index contributed by atoms with van der Waals surface area (Å²) in [5.41, 5.74) is 1.60.